The molecule has 1 aromatic heterocycles. The Morgan fingerprint density at radius 1 is 1.57 bits per heavy atom. The Hall–Kier alpha value is -1.37. The number of carboxylic acids is 1. The summed E-state index contributed by atoms with van der Waals surface area (Å²) in [5.74, 6) is -2.05. The fourth-order valence-electron chi connectivity index (χ4n) is 0.937. The predicted molar refractivity (Wildman–Crippen MR) is 46.7 cm³/mol. The van der Waals surface area contributed by atoms with Crippen molar-refractivity contribution in [1.29, 1.82) is 0 Å². The maximum absolute atomic E-state index is 10.8. The Morgan fingerprint density at radius 2 is 2.14 bits per heavy atom. The summed E-state index contributed by atoms with van der Waals surface area (Å²) in [5.41, 5.74) is 0.177. The summed E-state index contributed by atoms with van der Waals surface area (Å²) < 4.78 is 26.4. The van der Waals surface area contributed by atoms with Crippen molar-refractivity contribution in [2.45, 2.75) is 12.7 Å². The highest BCUT2D eigenvalue weighted by atomic mass is 32.2. The molecule has 0 amide bonds. The van der Waals surface area contributed by atoms with Gasteiger partial charge in [0.15, 0.2) is 9.84 Å². The molecule has 1 heterocycles. The van der Waals surface area contributed by atoms with Crippen LogP contribution in [0.15, 0.2) is 4.42 Å². The molecule has 0 aliphatic heterocycles. The number of sulfone groups is 1. The van der Waals surface area contributed by atoms with E-state index in [1.807, 2.05) is 0 Å². The van der Waals surface area contributed by atoms with Crippen molar-refractivity contribution in [1.82, 2.24) is 4.98 Å². The van der Waals surface area contributed by atoms with Crippen LogP contribution >= 0.6 is 0 Å². The second kappa shape index (κ2) is 3.41. The number of rotatable bonds is 3. The van der Waals surface area contributed by atoms with Gasteiger partial charge in [0.2, 0.25) is 11.7 Å². The van der Waals surface area contributed by atoms with E-state index in [1.165, 1.54) is 6.92 Å². The number of nitrogens with zero attached hydrogens (tertiary/aromatic N) is 1. The molecule has 1 N–H and O–H groups in total. The number of oxazole rings is 1. The molecule has 0 aliphatic rings. The van der Waals surface area contributed by atoms with E-state index in [9.17, 15) is 13.2 Å². The smallest absolute Gasteiger partial charge is 0.373 e. The Morgan fingerprint density at radius 3 is 2.50 bits per heavy atom. The van der Waals surface area contributed by atoms with Gasteiger partial charge < -0.3 is 9.52 Å². The maximum atomic E-state index is 10.8. The second-order valence-electron chi connectivity index (χ2n) is 2.90. The van der Waals surface area contributed by atoms with Crippen LogP contribution in [0.1, 0.15) is 22.1 Å². The number of aromatic carboxylic acids is 1. The number of hydrogen-bond donors (Lipinski definition) is 1. The van der Waals surface area contributed by atoms with E-state index >= 15 is 0 Å². The third kappa shape index (κ3) is 2.56. The van der Waals surface area contributed by atoms with Gasteiger partial charge in [-0.3, -0.25) is 0 Å². The van der Waals surface area contributed by atoms with Gasteiger partial charge in [0, 0.05) is 6.26 Å². The van der Waals surface area contributed by atoms with Crippen LogP contribution in [-0.4, -0.2) is 30.7 Å². The van der Waals surface area contributed by atoms with Crippen molar-refractivity contribution >= 4 is 15.8 Å². The predicted octanol–water partition coefficient (Wildman–Crippen LogP) is 0.226. The summed E-state index contributed by atoms with van der Waals surface area (Å²) in [6.07, 6.45) is 1.02. The molecule has 1 aromatic rings. The number of aromatic nitrogens is 1. The van der Waals surface area contributed by atoms with E-state index in [4.69, 9.17) is 9.52 Å². The summed E-state index contributed by atoms with van der Waals surface area (Å²) in [6.45, 7) is 1.44. The molecule has 0 saturated carbocycles. The summed E-state index contributed by atoms with van der Waals surface area (Å²) >= 11 is 0. The Balaban J connectivity index is 3.04. The van der Waals surface area contributed by atoms with Crippen molar-refractivity contribution in [3.8, 4) is 0 Å². The molecule has 0 fully saturated rings. The number of carboxylic acid groups (broad SMARTS) is 1. The van der Waals surface area contributed by atoms with E-state index in [1.54, 1.807) is 0 Å². The molecule has 0 aromatic carbocycles. The van der Waals surface area contributed by atoms with Gasteiger partial charge in [-0.05, 0) is 6.92 Å². The topological polar surface area (TPSA) is 97.5 Å². The minimum Gasteiger partial charge on any atom is -0.475 e. The first-order valence-corrected chi connectivity index (χ1v) is 5.73. The van der Waals surface area contributed by atoms with Gasteiger partial charge in [-0.25, -0.2) is 18.2 Å². The molecule has 7 heteroatoms. The number of aryl methyl sites for hydroxylation is 1. The zero-order valence-electron chi connectivity index (χ0n) is 7.64. The molecular weight excluding hydrogens is 210 g/mol. The molecule has 0 spiro atoms. The van der Waals surface area contributed by atoms with Crippen molar-refractivity contribution in [3.63, 3.8) is 0 Å². The highest BCUT2D eigenvalue weighted by molar-refractivity contribution is 7.89. The van der Waals surface area contributed by atoms with Crippen molar-refractivity contribution < 1.29 is 22.7 Å². The van der Waals surface area contributed by atoms with Gasteiger partial charge in [0.1, 0.15) is 5.75 Å². The Labute approximate surface area is 80.5 Å². The Bertz CT molecular complexity index is 458. The standard InChI is InChI=1S/C7H9NO5S/c1-4-6(7(9)10)13-5(8-4)3-14(2,11)12/h3H2,1-2H3,(H,9,10). The largest absolute Gasteiger partial charge is 0.475 e. The van der Waals surface area contributed by atoms with E-state index in [0.29, 0.717) is 0 Å². The molecule has 0 aliphatic carbocycles. The molecular formula is C7H9NO5S. The minimum atomic E-state index is -3.26. The summed E-state index contributed by atoms with van der Waals surface area (Å²) in [4.78, 5) is 14.2. The highest BCUT2D eigenvalue weighted by Gasteiger charge is 2.18. The van der Waals surface area contributed by atoms with Crippen LogP contribution in [0.25, 0.3) is 0 Å². The van der Waals surface area contributed by atoms with Crippen molar-refractivity contribution in [2.75, 3.05) is 6.26 Å². The molecule has 0 bridgehead atoms. The average molecular weight is 219 g/mol. The normalized spacial score (nSPS) is 11.6. The van der Waals surface area contributed by atoms with Crippen LogP contribution < -0.4 is 0 Å². The number of hydrogen-bond acceptors (Lipinski definition) is 5. The average Bonchev–Trinajstić information content (AvgIpc) is 2.26. The van der Waals surface area contributed by atoms with Crippen LogP contribution in [0.2, 0.25) is 0 Å². The van der Waals surface area contributed by atoms with Crippen molar-refractivity contribution in [2.24, 2.45) is 0 Å². The van der Waals surface area contributed by atoms with Crippen LogP contribution in [0.4, 0.5) is 0 Å². The lowest BCUT2D eigenvalue weighted by Crippen LogP contribution is -2.00. The van der Waals surface area contributed by atoms with Gasteiger partial charge in [-0.15, -0.1) is 0 Å². The third-order valence-electron chi connectivity index (χ3n) is 1.42. The molecule has 0 atom stereocenters. The first-order valence-electron chi connectivity index (χ1n) is 3.67. The van der Waals surface area contributed by atoms with Crippen LogP contribution in [0.3, 0.4) is 0 Å². The van der Waals surface area contributed by atoms with Gasteiger partial charge in [0.05, 0.1) is 5.69 Å². The fraction of sp³-hybridized carbons (Fsp3) is 0.429. The first kappa shape index (κ1) is 10.7. The summed E-state index contributed by atoms with van der Waals surface area (Å²) in [7, 11) is -3.26. The summed E-state index contributed by atoms with van der Waals surface area (Å²) in [5, 5.41) is 8.59. The van der Waals surface area contributed by atoms with E-state index in [-0.39, 0.29) is 23.1 Å². The molecule has 0 unspecified atom stereocenters. The van der Waals surface area contributed by atoms with E-state index in [0.717, 1.165) is 6.26 Å². The monoisotopic (exact) mass is 219 g/mol. The summed E-state index contributed by atoms with van der Waals surface area (Å²) in [6, 6.07) is 0. The van der Waals surface area contributed by atoms with Crippen LogP contribution in [-0.2, 0) is 15.6 Å². The SMILES string of the molecule is Cc1nc(CS(C)(=O)=O)oc1C(=O)O. The van der Waals surface area contributed by atoms with Gasteiger partial charge in [0.25, 0.3) is 0 Å². The molecule has 0 radical (unpaired) electrons. The highest BCUT2D eigenvalue weighted by Crippen LogP contribution is 2.12. The van der Waals surface area contributed by atoms with Gasteiger partial charge in [-0.1, -0.05) is 0 Å². The van der Waals surface area contributed by atoms with E-state index < -0.39 is 15.8 Å². The quantitative estimate of drug-likeness (QED) is 0.781. The molecule has 14 heavy (non-hydrogen) atoms. The minimum absolute atomic E-state index is 0.0950. The zero-order chi connectivity index (χ0) is 10.9. The van der Waals surface area contributed by atoms with Gasteiger partial charge in [-0.2, -0.15) is 0 Å². The lowest BCUT2D eigenvalue weighted by molar-refractivity contribution is 0.0659. The molecule has 0 saturated heterocycles. The number of carbonyl (C=O) groups is 1. The second-order valence-corrected chi connectivity index (χ2v) is 5.04. The first-order chi connectivity index (χ1) is 6.29. The molecule has 78 valence electrons. The van der Waals surface area contributed by atoms with E-state index in [2.05, 4.69) is 4.98 Å². The van der Waals surface area contributed by atoms with Crippen molar-refractivity contribution in [3.05, 3.63) is 17.3 Å². The fourth-order valence-corrected chi connectivity index (χ4v) is 1.51. The van der Waals surface area contributed by atoms with Gasteiger partial charge >= 0.3 is 5.97 Å². The lowest BCUT2D eigenvalue weighted by atomic mass is 10.4. The molecule has 6 nitrogen and oxygen atoms in total. The van der Waals surface area contributed by atoms with Crippen LogP contribution in [0, 0.1) is 6.92 Å². The Kier molecular flexibility index (Phi) is 2.61. The maximum Gasteiger partial charge on any atom is 0.373 e. The third-order valence-corrected chi connectivity index (χ3v) is 2.19. The van der Waals surface area contributed by atoms with Crippen LogP contribution in [0.5, 0.6) is 0 Å². The molecule has 1 rings (SSSR count). The lowest BCUT2D eigenvalue weighted by Gasteiger charge is -1.90. The zero-order valence-corrected chi connectivity index (χ0v) is 8.46.